The largest absolute Gasteiger partial charge is 0.497 e. The van der Waals surface area contributed by atoms with E-state index < -0.39 is 15.4 Å². The van der Waals surface area contributed by atoms with Crippen LogP contribution in [0.1, 0.15) is 32.2 Å². The van der Waals surface area contributed by atoms with E-state index in [2.05, 4.69) is 14.3 Å². The number of para-hydroxylation sites is 1. The van der Waals surface area contributed by atoms with E-state index in [0.717, 1.165) is 39.1 Å². The van der Waals surface area contributed by atoms with Crippen molar-refractivity contribution in [3.63, 3.8) is 0 Å². The van der Waals surface area contributed by atoms with Gasteiger partial charge in [0.2, 0.25) is 10.0 Å². The Kier molecular flexibility index (Phi) is 7.39. The number of benzene rings is 2. The lowest BCUT2D eigenvalue weighted by molar-refractivity contribution is 0.124. The normalized spacial score (nSPS) is 12.5. The van der Waals surface area contributed by atoms with Crippen molar-refractivity contribution < 1.29 is 17.9 Å². The monoisotopic (exact) mass is 496 g/mol. The molecule has 0 saturated heterocycles. The number of aromatic nitrogens is 3. The summed E-state index contributed by atoms with van der Waals surface area (Å²) in [6, 6.07) is 15.2. The SMILES string of the molecule is CCOCc1nc2cnc3ccccc3c2n1CC(C)(C)CS(=O)(=O)NCc1ccc(OC)cc1. The van der Waals surface area contributed by atoms with Gasteiger partial charge in [0.25, 0.3) is 0 Å². The third kappa shape index (κ3) is 5.98. The molecular weight excluding hydrogens is 464 g/mol. The van der Waals surface area contributed by atoms with E-state index in [1.807, 2.05) is 69.3 Å². The highest BCUT2D eigenvalue weighted by atomic mass is 32.2. The van der Waals surface area contributed by atoms with Gasteiger partial charge in [-0.15, -0.1) is 0 Å². The van der Waals surface area contributed by atoms with Crippen LogP contribution >= 0.6 is 0 Å². The minimum Gasteiger partial charge on any atom is -0.497 e. The van der Waals surface area contributed by atoms with Crippen LogP contribution in [-0.4, -0.2) is 42.4 Å². The summed E-state index contributed by atoms with van der Waals surface area (Å²) in [5.74, 6) is 1.46. The van der Waals surface area contributed by atoms with E-state index in [1.54, 1.807) is 13.3 Å². The van der Waals surface area contributed by atoms with Gasteiger partial charge in [-0.05, 0) is 36.1 Å². The van der Waals surface area contributed by atoms with Crippen molar-refractivity contribution in [2.24, 2.45) is 5.41 Å². The predicted molar refractivity (Wildman–Crippen MR) is 138 cm³/mol. The molecule has 0 aliphatic carbocycles. The summed E-state index contributed by atoms with van der Waals surface area (Å²) in [6.45, 7) is 7.45. The average molecular weight is 497 g/mol. The molecule has 1 N–H and O–H groups in total. The van der Waals surface area contributed by atoms with Crippen LogP contribution in [0.3, 0.4) is 0 Å². The summed E-state index contributed by atoms with van der Waals surface area (Å²) < 4.78 is 41.7. The van der Waals surface area contributed by atoms with Crippen LogP contribution in [0.25, 0.3) is 21.9 Å². The van der Waals surface area contributed by atoms with Crippen molar-refractivity contribution in [2.75, 3.05) is 19.5 Å². The molecule has 0 radical (unpaired) electrons. The Labute approximate surface area is 206 Å². The number of nitrogens with zero attached hydrogens (tertiary/aromatic N) is 3. The first-order valence-electron chi connectivity index (χ1n) is 11.6. The van der Waals surface area contributed by atoms with Crippen molar-refractivity contribution in [1.82, 2.24) is 19.3 Å². The van der Waals surface area contributed by atoms with Gasteiger partial charge in [-0.3, -0.25) is 4.98 Å². The predicted octanol–water partition coefficient (Wildman–Crippen LogP) is 4.28. The lowest BCUT2D eigenvalue weighted by Crippen LogP contribution is -2.36. The molecule has 0 unspecified atom stereocenters. The Morgan fingerprint density at radius 2 is 1.80 bits per heavy atom. The number of ether oxygens (including phenoxy) is 2. The van der Waals surface area contributed by atoms with E-state index in [1.165, 1.54) is 0 Å². The highest BCUT2D eigenvalue weighted by Gasteiger charge is 2.29. The second-order valence-corrected chi connectivity index (χ2v) is 11.2. The zero-order valence-electron chi connectivity index (χ0n) is 20.6. The maximum Gasteiger partial charge on any atom is 0.212 e. The van der Waals surface area contributed by atoms with Crippen molar-refractivity contribution in [3.05, 3.63) is 66.1 Å². The number of nitrogens with one attached hydrogen (secondary N) is 1. The van der Waals surface area contributed by atoms with Crippen LogP contribution in [0, 0.1) is 5.41 Å². The average Bonchev–Trinajstić information content (AvgIpc) is 3.18. The molecule has 0 bridgehead atoms. The molecule has 2 aromatic carbocycles. The Morgan fingerprint density at radius 3 is 2.51 bits per heavy atom. The Morgan fingerprint density at radius 1 is 1.06 bits per heavy atom. The molecule has 4 rings (SSSR count). The second kappa shape index (κ2) is 10.3. The van der Waals surface area contributed by atoms with Gasteiger partial charge in [0.15, 0.2) is 0 Å². The van der Waals surface area contributed by atoms with Crippen LogP contribution < -0.4 is 9.46 Å². The van der Waals surface area contributed by atoms with E-state index in [-0.39, 0.29) is 12.3 Å². The van der Waals surface area contributed by atoms with Crippen molar-refractivity contribution in [3.8, 4) is 5.75 Å². The van der Waals surface area contributed by atoms with Crippen LogP contribution in [0.4, 0.5) is 0 Å². The van der Waals surface area contributed by atoms with Crippen LogP contribution in [0.5, 0.6) is 5.75 Å². The van der Waals surface area contributed by atoms with E-state index >= 15 is 0 Å². The molecule has 0 fully saturated rings. The topological polar surface area (TPSA) is 95.3 Å². The van der Waals surface area contributed by atoms with Gasteiger partial charge in [0.1, 0.15) is 23.7 Å². The third-order valence-corrected chi connectivity index (χ3v) is 7.56. The first-order chi connectivity index (χ1) is 16.7. The summed E-state index contributed by atoms with van der Waals surface area (Å²) in [4.78, 5) is 9.30. The van der Waals surface area contributed by atoms with E-state index in [4.69, 9.17) is 14.5 Å². The minimum absolute atomic E-state index is 0.0348. The minimum atomic E-state index is -3.54. The highest BCUT2D eigenvalue weighted by molar-refractivity contribution is 7.89. The molecule has 0 aliphatic rings. The van der Waals surface area contributed by atoms with Crippen LogP contribution in [-0.2, 0) is 34.5 Å². The molecule has 0 amide bonds. The van der Waals surface area contributed by atoms with Gasteiger partial charge in [-0.1, -0.05) is 44.2 Å². The zero-order valence-corrected chi connectivity index (χ0v) is 21.4. The van der Waals surface area contributed by atoms with Crippen molar-refractivity contribution in [1.29, 1.82) is 0 Å². The maximum atomic E-state index is 13.0. The number of sulfonamides is 1. The number of rotatable bonds is 11. The first kappa shape index (κ1) is 25.1. The maximum absolute atomic E-state index is 13.0. The molecule has 8 nitrogen and oxygen atoms in total. The second-order valence-electron chi connectivity index (χ2n) is 9.35. The van der Waals surface area contributed by atoms with Crippen LogP contribution in [0.15, 0.2) is 54.7 Å². The summed E-state index contributed by atoms with van der Waals surface area (Å²) in [5, 5.41) is 0.983. The highest BCUT2D eigenvalue weighted by Crippen LogP contribution is 2.29. The molecule has 2 aromatic heterocycles. The number of fused-ring (bicyclic) bond motifs is 3. The van der Waals surface area contributed by atoms with Gasteiger partial charge in [-0.2, -0.15) is 0 Å². The lowest BCUT2D eigenvalue weighted by atomic mass is 9.96. The smallest absolute Gasteiger partial charge is 0.212 e. The fraction of sp³-hybridized carbons (Fsp3) is 0.385. The standard InChI is InChI=1S/C26H32N4O4S/c1-5-34-16-24-29-23-15-27-22-9-7-6-8-21(22)25(23)30(24)17-26(2,3)18-35(31,32)28-14-19-10-12-20(33-4)13-11-19/h6-13,15,28H,5,14,16-18H2,1-4H3. The van der Waals surface area contributed by atoms with Gasteiger partial charge >= 0.3 is 0 Å². The van der Waals surface area contributed by atoms with Gasteiger partial charge < -0.3 is 14.0 Å². The molecular formula is C26H32N4O4S. The summed E-state index contributed by atoms with van der Waals surface area (Å²) in [5.41, 5.74) is 2.88. The van der Waals surface area contributed by atoms with Crippen molar-refractivity contribution >= 4 is 32.0 Å². The van der Waals surface area contributed by atoms with E-state index in [0.29, 0.717) is 19.8 Å². The Bertz CT molecular complexity index is 1410. The summed E-state index contributed by atoms with van der Waals surface area (Å²) >= 11 is 0. The Balaban J connectivity index is 1.59. The Hall–Kier alpha value is -3.01. The third-order valence-electron chi connectivity index (χ3n) is 5.82. The molecule has 186 valence electrons. The molecule has 4 aromatic rings. The summed E-state index contributed by atoms with van der Waals surface area (Å²) in [6.07, 6.45) is 1.77. The molecule has 0 aliphatic heterocycles. The molecule has 0 spiro atoms. The summed E-state index contributed by atoms with van der Waals surface area (Å²) in [7, 11) is -1.94. The van der Waals surface area contributed by atoms with Gasteiger partial charge in [-0.25, -0.2) is 18.1 Å². The quantitative estimate of drug-likeness (QED) is 0.333. The zero-order chi connectivity index (χ0) is 25.1. The van der Waals surface area contributed by atoms with Gasteiger partial charge in [0, 0.05) is 25.1 Å². The molecule has 2 heterocycles. The number of hydrogen-bond acceptors (Lipinski definition) is 6. The van der Waals surface area contributed by atoms with E-state index in [9.17, 15) is 8.42 Å². The first-order valence-corrected chi connectivity index (χ1v) is 13.3. The van der Waals surface area contributed by atoms with Crippen molar-refractivity contribution in [2.45, 2.75) is 40.5 Å². The molecule has 35 heavy (non-hydrogen) atoms. The molecule has 0 saturated carbocycles. The van der Waals surface area contributed by atoms with Gasteiger partial charge in [0.05, 0.1) is 30.1 Å². The number of methoxy groups -OCH3 is 1. The fourth-order valence-electron chi connectivity index (χ4n) is 4.26. The lowest BCUT2D eigenvalue weighted by Gasteiger charge is -2.26. The number of hydrogen-bond donors (Lipinski definition) is 1. The van der Waals surface area contributed by atoms with Crippen LogP contribution in [0.2, 0.25) is 0 Å². The molecule has 0 atom stereocenters. The number of pyridine rings is 1. The number of imidazole rings is 1. The molecule has 9 heteroatoms. The fourth-order valence-corrected chi connectivity index (χ4v) is 5.87.